The molecule has 56 heavy (non-hydrogen) atoms. The fraction of sp³-hybridized carbons (Fsp3) is 0.326. The molecule has 4 aromatic carbocycles. The molecule has 5 aromatic rings. The first-order chi connectivity index (χ1) is 26.9. The number of ether oxygens (including phenoxy) is 2. The van der Waals surface area contributed by atoms with E-state index in [9.17, 15) is 24.6 Å². The zero-order valence-corrected chi connectivity index (χ0v) is 31.9. The van der Waals surface area contributed by atoms with Crippen molar-refractivity contribution in [2.75, 3.05) is 31.3 Å². The zero-order chi connectivity index (χ0) is 39.1. The number of hydrogen-bond acceptors (Lipinski definition) is 8. The number of carbonyl (C=O) groups excluding carboxylic acids is 2. The van der Waals surface area contributed by atoms with E-state index in [0.717, 1.165) is 39.6 Å². The topological polar surface area (TPSA) is 165 Å². The molecular weight excluding hydrogens is 734 g/mol. The van der Waals surface area contributed by atoms with Crippen molar-refractivity contribution >= 4 is 45.9 Å². The third-order valence-electron chi connectivity index (χ3n) is 11.6. The van der Waals surface area contributed by atoms with Crippen molar-refractivity contribution in [1.29, 1.82) is 0 Å². The van der Waals surface area contributed by atoms with Crippen LogP contribution in [0.25, 0.3) is 22.0 Å². The van der Waals surface area contributed by atoms with Crippen LogP contribution in [0.5, 0.6) is 5.75 Å². The highest BCUT2D eigenvalue weighted by atomic mass is 35.5. The Bertz CT molecular complexity index is 2330. The normalized spacial score (nSPS) is 22.2. The number of epoxide rings is 1. The maximum Gasteiger partial charge on any atom is 0.411 e. The molecule has 6 N–H and O–H groups in total. The number of H-pyrrole nitrogens is 1. The number of aryl methyl sites for hydroxylation is 1. The van der Waals surface area contributed by atoms with Gasteiger partial charge in [0.25, 0.3) is 0 Å². The number of carbonyl (C=O) groups is 2. The largest absolute Gasteiger partial charge is 0.506 e. The molecule has 2 amide bonds. The van der Waals surface area contributed by atoms with E-state index < -0.39 is 12.2 Å². The van der Waals surface area contributed by atoms with Crippen LogP contribution in [0.3, 0.4) is 0 Å². The minimum atomic E-state index is -0.915. The molecule has 3 fully saturated rings. The number of nitrogens with one attached hydrogen (secondary N) is 4. The zero-order valence-electron chi connectivity index (χ0n) is 31.1. The van der Waals surface area contributed by atoms with Gasteiger partial charge in [-0.3, -0.25) is 14.9 Å². The average Bonchev–Trinajstić information content (AvgIpc) is 3.94. The Morgan fingerprint density at radius 2 is 1.73 bits per heavy atom. The fourth-order valence-corrected chi connectivity index (χ4v) is 8.81. The average molecular weight is 779 g/mol. The highest BCUT2D eigenvalue weighted by Gasteiger charge is 2.70. The summed E-state index contributed by atoms with van der Waals surface area (Å²) >= 11 is 6.59. The summed E-state index contributed by atoms with van der Waals surface area (Å²) in [7, 11) is 4.49. The number of halogens is 1. The summed E-state index contributed by atoms with van der Waals surface area (Å²) in [6.45, 7) is 0.545. The van der Waals surface area contributed by atoms with Crippen LogP contribution < -0.4 is 21.5 Å². The van der Waals surface area contributed by atoms with Crippen LogP contribution in [0.2, 0.25) is 5.02 Å². The third kappa shape index (κ3) is 7.75. The molecule has 0 spiro atoms. The quantitative estimate of drug-likeness (QED) is 0.0639. The maximum absolute atomic E-state index is 13.3. The van der Waals surface area contributed by atoms with E-state index in [2.05, 4.69) is 35.0 Å². The molecule has 0 unspecified atom stereocenters. The van der Waals surface area contributed by atoms with Gasteiger partial charge in [0.2, 0.25) is 11.5 Å². The number of amides is 2. The summed E-state index contributed by atoms with van der Waals surface area (Å²) in [5.74, 6) is -0.259. The van der Waals surface area contributed by atoms with Crippen LogP contribution in [0.4, 0.5) is 16.2 Å². The van der Waals surface area contributed by atoms with Gasteiger partial charge >= 0.3 is 6.09 Å². The molecular formula is C43H45ClN5O7+. The van der Waals surface area contributed by atoms with Crippen LogP contribution in [0.15, 0.2) is 95.8 Å². The number of piperidine rings is 1. The Hall–Kier alpha value is -5.24. The Labute approximate surface area is 329 Å². The Morgan fingerprint density at radius 3 is 2.48 bits per heavy atom. The standard InChI is InChI=1S/C43H44ClN5O7/c1-49(2)34-20-28(21-35(49)42-41(34)56-42)55-43(54)47-33-18-24(8-12-29(33)25-6-4-3-5-7-25)9-16-38(52)46-27-11-10-26(32(44)19-27)22-45-23-37(51)30-13-15-36(50)40-31(30)14-17-39(53)48-40/h3-8,10-15,17-19,28,34-35,37,41-42,45,51H,9,16,20-23H2,1-2H3,(H3-,46,47,48,50,52,53,54)/p+1/t28-,34-,35+,37-,41-,42+/m0/s1. The Morgan fingerprint density at radius 1 is 0.964 bits per heavy atom. The molecule has 3 aliphatic heterocycles. The van der Waals surface area contributed by atoms with Crippen molar-refractivity contribution in [2.24, 2.45) is 0 Å². The van der Waals surface area contributed by atoms with Gasteiger partial charge in [-0.15, -0.1) is 0 Å². The summed E-state index contributed by atoms with van der Waals surface area (Å²) in [6.07, 6.45) is 1.17. The van der Waals surface area contributed by atoms with E-state index in [4.69, 9.17) is 21.1 Å². The number of aromatic amines is 1. The van der Waals surface area contributed by atoms with Crippen molar-refractivity contribution in [3.63, 3.8) is 0 Å². The van der Waals surface area contributed by atoms with Gasteiger partial charge in [-0.2, -0.15) is 0 Å². The van der Waals surface area contributed by atoms with E-state index in [1.807, 2.05) is 54.6 Å². The number of phenols is 1. The number of pyridine rings is 1. The molecule has 13 heteroatoms. The number of morpholine rings is 1. The summed E-state index contributed by atoms with van der Waals surface area (Å²) < 4.78 is 12.8. The Kier molecular flexibility index (Phi) is 10.3. The van der Waals surface area contributed by atoms with Gasteiger partial charge in [0, 0.05) is 60.1 Å². The second-order valence-corrected chi connectivity index (χ2v) is 15.9. The fourth-order valence-electron chi connectivity index (χ4n) is 8.56. The van der Waals surface area contributed by atoms with Crippen molar-refractivity contribution < 1.29 is 33.8 Å². The van der Waals surface area contributed by atoms with E-state index in [1.54, 1.807) is 24.3 Å². The molecule has 1 aromatic heterocycles. The maximum atomic E-state index is 13.3. The molecule has 0 aliphatic carbocycles. The van der Waals surface area contributed by atoms with E-state index in [-0.39, 0.29) is 54.0 Å². The van der Waals surface area contributed by atoms with Gasteiger partial charge < -0.3 is 39.8 Å². The number of aliphatic hydroxyl groups excluding tert-OH is 1. The van der Waals surface area contributed by atoms with Crippen LogP contribution in [0.1, 0.15) is 42.1 Å². The van der Waals surface area contributed by atoms with Crippen LogP contribution in [-0.2, 0) is 27.2 Å². The summed E-state index contributed by atoms with van der Waals surface area (Å²) in [5.41, 5.74) is 5.14. The molecule has 3 saturated heterocycles. The van der Waals surface area contributed by atoms with Gasteiger partial charge in [0.1, 0.15) is 36.1 Å². The smallest absolute Gasteiger partial charge is 0.411 e. The van der Waals surface area contributed by atoms with Gasteiger partial charge in [-0.1, -0.05) is 66.2 Å². The Balaban J connectivity index is 0.855. The number of aromatic nitrogens is 1. The monoisotopic (exact) mass is 778 g/mol. The molecule has 12 nitrogen and oxygen atoms in total. The number of phenolic OH excluding ortho intramolecular Hbond substituents is 1. The highest BCUT2D eigenvalue weighted by molar-refractivity contribution is 6.31. The number of hydrogen-bond donors (Lipinski definition) is 6. The number of anilines is 2. The lowest BCUT2D eigenvalue weighted by Crippen LogP contribution is -2.60. The lowest BCUT2D eigenvalue weighted by atomic mass is 9.96. The third-order valence-corrected chi connectivity index (χ3v) is 12.0. The summed E-state index contributed by atoms with van der Waals surface area (Å²) in [6, 6.07) is 27.6. The van der Waals surface area contributed by atoms with Gasteiger partial charge in [0.15, 0.2) is 0 Å². The van der Waals surface area contributed by atoms with Crippen molar-refractivity contribution in [3.05, 3.63) is 123 Å². The number of rotatable bonds is 12. The molecule has 0 saturated carbocycles. The molecule has 4 heterocycles. The predicted molar refractivity (Wildman–Crippen MR) is 215 cm³/mol. The van der Waals surface area contributed by atoms with Crippen molar-refractivity contribution in [3.8, 4) is 16.9 Å². The molecule has 3 aliphatic rings. The van der Waals surface area contributed by atoms with Crippen LogP contribution >= 0.6 is 11.6 Å². The SMILES string of the molecule is C[N+]1(C)[C@@H]2C[C@@H](OC(=O)Nc3cc(CCC(=O)Nc4ccc(CNC[C@H](O)c5ccc(O)c6[nH]c(=O)ccc56)c(Cl)c4)ccc3-c3ccccc3)C[C@H]1[C@@H]1O[C@@H]12. The lowest BCUT2D eigenvalue weighted by molar-refractivity contribution is -0.938. The van der Waals surface area contributed by atoms with Crippen molar-refractivity contribution in [2.45, 2.75) is 68.7 Å². The van der Waals surface area contributed by atoms with Crippen LogP contribution in [0, 0.1) is 0 Å². The molecule has 8 rings (SSSR count). The van der Waals surface area contributed by atoms with Crippen LogP contribution in [-0.4, -0.2) is 82.7 Å². The molecule has 6 atom stereocenters. The number of nitrogens with zero attached hydrogens (tertiary/aromatic N) is 1. The van der Waals surface area contributed by atoms with Gasteiger partial charge in [-0.05, 0) is 59.0 Å². The van der Waals surface area contributed by atoms with Crippen molar-refractivity contribution in [1.82, 2.24) is 10.3 Å². The molecule has 0 radical (unpaired) electrons. The number of likely N-dealkylation sites (N-methyl/N-ethyl adjacent to an activating group) is 1. The minimum absolute atomic E-state index is 0.0732. The number of quaternary nitrogens is 1. The van der Waals surface area contributed by atoms with E-state index in [1.165, 1.54) is 12.1 Å². The predicted octanol–water partition coefficient (Wildman–Crippen LogP) is 6.25. The number of aromatic hydroxyl groups is 1. The molecule has 290 valence electrons. The van der Waals surface area contributed by atoms with Gasteiger partial charge in [0.05, 0.1) is 31.4 Å². The first kappa shape index (κ1) is 37.7. The van der Waals surface area contributed by atoms with E-state index in [0.29, 0.717) is 52.4 Å². The van der Waals surface area contributed by atoms with E-state index >= 15 is 0 Å². The number of fused-ring (bicyclic) bond motifs is 6. The lowest BCUT2D eigenvalue weighted by Gasteiger charge is -2.45. The highest BCUT2D eigenvalue weighted by Crippen LogP contribution is 2.51. The summed E-state index contributed by atoms with van der Waals surface area (Å²) in [4.78, 5) is 40.7. The number of aliphatic hydroxyl groups is 1. The second kappa shape index (κ2) is 15.4. The minimum Gasteiger partial charge on any atom is -0.506 e. The first-order valence-electron chi connectivity index (χ1n) is 18.9. The van der Waals surface area contributed by atoms with Gasteiger partial charge in [-0.25, -0.2) is 4.79 Å². The first-order valence-corrected chi connectivity index (χ1v) is 19.3. The molecule has 2 bridgehead atoms. The number of benzene rings is 4. The second-order valence-electron chi connectivity index (χ2n) is 15.5. The summed E-state index contributed by atoms with van der Waals surface area (Å²) in [5, 5.41) is 31.2.